The van der Waals surface area contributed by atoms with E-state index in [4.69, 9.17) is 16.7 Å². The highest BCUT2D eigenvalue weighted by Crippen LogP contribution is 2.25. The number of halogens is 2. The van der Waals surface area contributed by atoms with Crippen LogP contribution in [0.25, 0.3) is 0 Å². The number of carboxylic acid groups (broad SMARTS) is 1. The molecule has 5 nitrogen and oxygen atoms in total. The van der Waals surface area contributed by atoms with Crippen LogP contribution in [0.15, 0.2) is 22.7 Å². The van der Waals surface area contributed by atoms with E-state index in [2.05, 4.69) is 26.6 Å². The minimum Gasteiger partial charge on any atom is -0.481 e. The van der Waals surface area contributed by atoms with Crippen LogP contribution in [-0.2, 0) is 4.79 Å². The lowest BCUT2D eigenvalue weighted by molar-refractivity contribution is -0.137. The van der Waals surface area contributed by atoms with E-state index in [9.17, 15) is 9.59 Å². The molecule has 18 heavy (non-hydrogen) atoms. The van der Waals surface area contributed by atoms with Crippen molar-refractivity contribution < 1.29 is 14.7 Å². The Morgan fingerprint density at radius 1 is 1.39 bits per heavy atom. The Morgan fingerprint density at radius 2 is 2.11 bits per heavy atom. The van der Waals surface area contributed by atoms with E-state index in [1.807, 2.05) is 0 Å². The average molecular weight is 336 g/mol. The number of amides is 2. The van der Waals surface area contributed by atoms with Gasteiger partial charge in [-0.05, 0) is 40.5 Å². The summed E-state index contributed by atoms with van der Waals surface area (Å²) < 4.78 is 0.688. The first-order chi connectivity index (χ1) is 8.49. The van der Waals surface area contributed by atoms with Gasteiger partial charge in [0.25, 0.3) is 0 Å². The number of urea groups is 1. The molecule has 98 valence electrons. The number of nitrogens with one attached hydrogen (secondary N) is 2. The molecule has 0 aromatic heterocycles. The predicted molar refractivity (Wildman–Crippen MR) is 73.0 cm³/mol. The lowest BCUT2D eigenvalue weighted by Crippen LogP contribution is -2.29. The fourth-order valence-electron chi connectivity index (χ4n) is 1.19. The smallest absolute Gasteiger partial charge is 0.319 e. The summed E-state index contributed by atoms with van der Waals surface area (Å²) in [6.45, 7) is 0.312. The van der Waals surface area contributed by atoms with Crippen molar-refractivity contribution in [3.8, 4) is 0 Å². The van der Waals surface area contributed by atoms with E-state index < -0.39 is 5.97 Å². The molecular weight excluding hydrogens is 323 g/mol. The van der Waals surface area contributed by atoms with Gasteiger partial charge in [-0.2, -0.15) is 0 Å². The summed E-state index contributed by atoms with van der Waals surface area (Å²) >= 11 is 9.07. The molecule has 0 aliphatic rings. The molecule has 0 atom stereocenters. The molecular formula is C11H12BrClN2O3. The first kappa shape index (κ1) is 14.8. The van der Waals surface area contributed by atoms with Gasteiger partial charge >= 0.3 is 12.0 Å². The molecule has 0 bridgehead atoms. The standard InChI is InChI=1S/C11H12BrClN2O3/c12-8-6-7(3-4-9(8)13)15-11(18)14-5-1-2-10(16)17/h3-4,6H,1-2,5H2,(H,16,17)(H2,14,15,18). The zero-order chi connectivity index (χ0) is 13.5. The van der Waals surface area contributed by atoms with Crippen LogP contribution >= 0.6 is 27.5 Å². The quantitative estimate of drug-likeness (QED) is 0.724. The summed E-state index contributed by atoms with van der Waals surface area (Å²) in [6, 6.07) is 4.63. The molecule has 0 aliphatic heterocycles. The second kappa shape index (κ2) is 7.23. The third-order valence-electron chi connectivity index (χ3n) is 2.03. The number of hydrogen-bond acceptors (Lipinski definition) is 2. The van der Waals surface area contributed by atoms with Crippen LogP contribution < -0.4 is 10.6 Å². The maximum atomic E-state index is 11.4. The lowest BCUT2D eigenvalue weighted by Gasteiger charge is -2.07. The van der Waals surface area contributed by atoms with Crippen molar-refractivity contribution in [1.82, 2.24) is 5.32 Å². The number of hydrogen-bond donors (Lipinski definition) is 3. The highest BCUT2D eigenvalue weighted by Gasteiger charge is 2.04. The molecule has 0 spiro atoms. The molecule has 0 saturated heterocycles. The zero-order valence-electron chi connectivity index (χ0n) is 9.37. The number of carbonyl (C=O) groups excluding carboxylic acids is 1. The molecule has 1 aromatic rings. The van der Waals surface area contributed by atoms with Gasteiger partial charge in [-0.1, -0.05) is 11.6 Å². The van der Waals surface area contributed by atoms with Gasteiger partial charge in [0.1, 0.15) is 0 Å². The van der Waals surface area contributed by atoms with Gasteiger partial charge in [-0.25, -0.2) is 4.79 Å². The summed E-state index contributed by atoms with van der Waals surface area (Å²) in [5.74, 6) is -0.876. The second-order valence-electron chi connectivity index (χ2n) is 3.51. The van der Waals surface area contributed by atoms with Crippen LogP contribution in [-0.4, -0.2) is 23.7 Å². The van der Waals surface area contributed by atoms with Crippen molar-refractivity contribution >= 4 is 45.2 Å². The Kier molecular flexibility index (Phi) is 5.94. The summed E-state index contributed by atoms with van der Waals surface area (Å²) in [4.78, 5) is 21.7. The van der Waals surface area contributed by atoms with Crippen LogP contribution in [0.2, 0.25) is 5.02 Å². The van der Waals surface area contributed by atoms with Crippen molar-refractivity contribution in [3.63, 3.8) is 0 Å². The van der Waals surface area contributed by atoms with Crippen LogP contribution in [0.4, 0.5) is 10.5 Å². The van der Waals surface area contributed by atoms with Gasteiger partial charge in [-0.15, -0.1) is 0 Å². The van der Waals surface area contributed by atoms with Gasteiger partial charge in [0.15, 0.2) is 0 Å². The maximum Gasteiger partial charge on any atom is 0.319 e. The number of carbonyl (C=O) groups is 2. The van der Waals surface area contributed by atoms with Crippen molar-refractivity contribution in [1.29, 1.82) is 0 Å². The monoisotopic (exact) mass is 334 g/mol. The minimum atomic E-state index is -0.876. The van der Waals surface area contributed by atoms with Gasteiger partial charge in [0.05, 0.1) is 5.02 Å². The van der Waals surface area contributed by atoms with Crippen LogP contribution in [0.5, 0.6) is 0 Å². The van der Waals surface area contributed by atoms with E-state index in [1.165, 1.54) is 0 Å². The summed E-state index contributed by atoms with van der Waals surface area (Å²) in [6.07, 6.45) is 0.430. The highest BCUT2D eigenvalue weighted by atomic mass is 79.9. The largest absolute Gasteiger partial charge is 0.481 e. The number of anilines is 1. The van der Waals surface area contributed by atoms with E-state index in [0.717, 1.165) is 0 Å². The van der Waals surface area contributed by atoms with Crippen molar-refractivity contribution in [2.45, 2.75) is 12.8 Å². The van der Waals surface area contributed by atoms with Crippen LogP contribution in [0.1, 0.15) is 12.8 Å². The molecule has 0 radical (unpaired) electrons. The summed E-state index contributed by atoms with van der Waals surface area (Å²) in [5, 5.41) is 14.2. The number of aliphatic carboxylic acids is 1. The SMILES string of the molecule is O=C(O)CCCNC(=O)Nc1ccc(Cl)c(Br)c1. The van der Waals surface area contributed by atoms with Crippen molar-refractivity contribution in [2.75, 3.05) is 11.9 Å². The normalized spacial score (nSPS) is 9.89. The van der Waals surface area contributed by atoms with E-state index in [-0.39, 0.29) is 12.5 Å². The van der Waals surface area contributed by atoms with E-state index >= 15 is 0 Å². The molecule has 3 N–H and O–H groups in total. The Labute approximate surface area is 118 Å². The Balaban J connectivity index is 2.35. The van der Waals surface area contributed by atoms with Gasteiger partial charge < -0.3 is 15.7 Å². The van der Waals surface area contributed by atoms with Crippen molar-refractivity contribution in [2.24, 2.45) is 0 Å². The lowest BCUT2D eigenvalue weighted by atomic mass is 10.3. The minimum absolute atomic E-state index is 0.0345. The average Bonchev–Trinajstić information content (AvgIpc) is 2.29. The van der Waals surface area contributed by atoms with Crippen LogP contribution in [0.3, 0.4) is 0 Å². The topological polar surface area (TPSA) is 78.4 Å². The van der Waals surface area contributed by atoms with Gasteiger partial charge in [0, 0.05) is 23.1 Å². The Morgan fingerprint density at radius 3 is 2.72 bits per heavy atom. The highest BCUT2D eigenvalue weighted by molar-refractivity contribution is 9.10. The molecule has 0 unspecified atom stereocenters. The molecule has 2 amide bonds. The Bertz CT molecular complexity index is 454. The summed E-state index contributed by atoms with van der Waals surface area (Å²) in [5.41, 5.74) is 0.599. The Hall–Kier alpha value is -1.27. The zero-order valence-corrected chi connectivity index (χ0v) is 11.7. The fourth-order valence-corrected chi connectivity index (χ4v) is 1.69. The number of rotatable bonds is 5. The molecule has 0 aliphatic carbocycles. The molecule has 1 aromatic carbocycles. The first-order valence-corrected chi connectivity index (χ1v) is 6.38. The summed E-state index contributed by atoms with van der Waals surface area (Å²) in [7, 11) is 0. The number of benzene rings is 1. The maximum absolute atomic E-state index is 11.4. The van der Waals surface area contributed by atoms with Crippen molar-refractivity contribution in [3.05, 3.63) is 27.7 Å². The first-order valence-electron chi connectivity index (χ1n) is 5.20. The van der Waals surface area contributed by atoms with E-state index in [0.29, 0.717) is 28.1 Å². The van der Waals surface area contributed by atoms with Crippen LogP contribution in [0, 0.1) is 0 Å². The predicted octanol–water partition coefficient (Wildman–Crippen LogP) is 3.09. The third-order valence-corrected chi connectivity index (χ3v) is 3.24. The van der Waals surface area contributed by atoms with Gasteiger partial charge in [-0.3, -0.25) is 4.79 Å². The molecule has 0 fully saturated rings. The van der Waals surface area contributed by atoms with E-state index in [1.54, 1.807) is 18.2 Å². The molecule has 1 rings (SSSR count). The fraction of sp³-hybridized carbons (Fsp3) is 0.273. The molecule has 0 heterocycles. The third kappa shape index (κ3) is 5.37. The second-order valence-corrected chi connectivity index (χ2v) is 4.77. The molecule has 0 saturated carbocycles. The van der Waals surface area contributed by atoms with Gasteiger partial charge in [0.2, 0.25) is 0 Å². The molecule has 7 heteroatoms. The number of carboxylic acids is 1.